The Labute approximate surface area is 150 Å². The van der Waals surface area contributed by atoms with Gasteiger partial charge < -0.3 is 4.57 Å². The van der Waals surface area contributed by atoms with Crippen molar-refractivity contribution in [1.29, 1.82) is 0 Å². The van der Waals surface area contributed by atoms with E-state index in [9.17, 15) is 0 Å². The summed E-state index contributed by atoms with van der Waals surface area (Å²) < 4.78 is 2.18. The molecule has 4 aliphatic heterocycles. The Kier molecular flexibility index (Phi) is 3.72. The molecular formula is C21H28N4. The molecule has 0 radical (unpaired) electrons. The van der Waals surface area contributed by atoms with Gasteiger partial charge in [-0.2, -0.15) is 0 Å². The molecule has 1 aromatic heterocycles. The first-order valence-corrected chi connectivity index (χ1v) is 9.71. The first-order valence-electron chi connectivity index (χ1n) is 9.71. The number of aromatic nitrogens is 2. The zero-order chi connectivity index (χ0) is 17.0. The molecule has 25 heavy (non-hydrogen) atoms. The van der Waals surface area contributed by atoms with E-state index < -0.39 is 0 Å². The molecule has 0 N–H and O–H groups in total. The van der Waals surface area contributed by atoms with Crippen molar-refractivity contribution in [2.75, 3.05) is 19.6 Å². The van der Waals surface area contributed by atoms with Crippen LogP contribution in [-0.2, 0) is 13.6 Å². The second kappa shape index (κ2) is 5.96. The van der Waals surface area contributed by atoms with Gasteiger partial charge in [0.2, 0.25) is 0 Å². The van der Waals surface area contributed by atoms with Crippen LogP contribution in [0, 0.1) is 12.8 Å². The number of hydrogen-bond acceptors (Lipinski definition) is 3. The number of rotatable bonds is 3. The normalized spacial score (nSPS) is 34.4. The van der Waals surface area contributed by atoms with E-state index in [1.807, 2.05) is 6.20 Å². The molecule has 0 aliphatic carbocycles. The highest BCUT2D eigenvalue weighted by molar-refractivity contribution is 5.29. The smallest absolute Gasteiger partial charge is 0.122 e. The van der Waals surface area contributed by atoms with Gasteiger partial charge in [0, 0.05) is 44.0 Å². The molecule has 4 heteroatoms. The van der Waals surface area contributed by atoms with Gasteiger partial charge in [-0.15, -0.1) is 0 Å². The molecule has 5 heterocycles. The van der Waals surface area contributed by atoms with Crippen LogP contribution in [0.3, 0.4) is 0 Å². The number of imidazole rings is 1. The van der Waals surface area contributed by atoms with Crippen LogP contribution in [0.5, 0.6) is 0 Å². The standard InChI is InChI=1S/C21H28N4/c1-15-3-5-16(6-4-15)18-13-25(14-19-22-9-12-23(19)2)20-17-7-10-24(11-8-17)21(18)20/h3-6,9,12,17-18,20-21H,7-8,10-11,13-14H2,1-2H3/t18-,20+,21+/m1/s1. The number of piperidine rings is 3. The fourth-order valence-electron chi connectivity index (χ4n) is 5.56. The summed E-state index contributed by atoms with van der Waals surface area (Å²) in [6, 6.07) is 10.7. The minimum absolute atomic E-state index is 0.633. The molecule has 0 unspecified atom stereocenters. The van der Waals surface area contributed by atoms with E-state index in [2.05, 4.69) is 63.8 Å². The lowest BCUT2D eigenvalue weighted by molar-refractivity contribution is -0.00947. The van der Waals surface area contributed by atoms with E-state index >= 15 is 0 Å². The molecule has 4 saturated heterocycles. The molecule has 0 spiro atoms. The monoisotopic (exact) mass is 336 g/mol. The van der Waals surface area contributed by atoms with Crippen LogP contribution in [0.4, 0.5) is 0 Å². The summed E-state index contributed by atoms with van der Waals surface area (Å²) in [5, 5.41) is 0. The molecule has 132 valence electrons. The molecular weight excluding hydrogens is 308 g/mol. The van der Waals surface area contributed by atoms with Crippen LogP contribution in [0.1, 0.15) is 35.7 Å². The van der Waals surface area contributed by atoms with E-state index in [0.717, 1.165) is 19.0 Å². The van der Waals surface area contributed by atoms with Gasteiger partial charge in [-0.3, -0.25) is 9.80 Å². The molecule has 4 fully saturated rings. The van der Waals surface area contributed by atoms with E-state index in [0.29, 0.717) is 18.0 Å². The maximum atomic E-state index is 4.60. The zero-order valence-electron chi connectivity index (χ0n) is 15.3. The van der Waals surface area contributed by atoms with E-state index in [1.54, 1.807) is 0 Å². The highest BCUT2D eigenvalue weighted by Gasteiger charge is 2.53. The Morgan fingerprint density at radius 1 is 1.08 bits per heavy atom. The fourth-order valence-corrected chi connectivity index (χ4v) is 5.56. The third-order valence-electron chi connectivity index (χ3n) is 6.86. The van der Waals surface area contributed by atoms with Crippen molar-refractivity contribution in [3.05, 3.63) is 53.6 Å². The molecule has 2 bridgehead atoms. The van der Waals surface area contributed by atoms with E-state index in [1.165, 1.54) is 42.9 Å². The summed E-state index contributed by atoms with van der Waals surface area (Å²) in [7, 11) is 2.11. The van der Waals surface area contributed by atoms with Gasteiger partial charge >= 0.3 is 0 Å². The van der Waals surface area contributed by atoms with Crippen LogP contribution in [0.15, 0.2) is 36.7 Å². The highest BCUT2D eigenvalue weighted by Crippen LogP contribution is 2.46. The largest absolute Gasteiger partial charge is 0.337 e. The van der Waals surface area contributed by atoms with E-state index in [4.69, 9.17) is 0 Å². The summed E-state index contributed by atoms with van der Waals surface area (Å²) in [5.74, 6) is 2.69. The van der Waals surface area contributed by atoms with Crippen molar-refractivity contribution in [3.8, 4) is 0 Å². The highest BCUT2D eigenvalue weighted by atomic mass is 15.3. The van der Waals surface area contributed by atoms with Crippen molar-refractivity contribution in [3.63, 3.8) is 0 Å². The Morgan fingerprint density at radius 2 is 1.84 bits per heavy atom. The first kappa shape index (κ1) is 15.6. The molecule has 2 aromatic rings. The average molecular weight is 336 g/mol. The van der Waals surface area contributed by atoms with Gasteiger partial charge in [0.15, 0.2) is 0 Å². The summed E-state index contributed by atoms with van der Waals surface area (Å²) >= 11 is 0. The number of likely N-dealkylation sites (tertiary alicyclic amines) is 1. The van der Waals surface area contributed by atoms with Gasteiger partial charge in [-0.1, -0.05) is 29.8 Å². The van der Waals surface area contributed by atoms with Crippen LogP contribution in [-0.4, -0.2) is 51.1 Å². The van der Waals surface area contributed by atoms with Gasteiger partial charge in [0.05, 0.1) is 6.54 Å². The number of benzene rings is 1. The topological polar surface area (TPSA) is 24.3 Å². The van der Waals surface area contributed by atoms with Crippen LogP contribution in [0.25, 0.3) is 0 Å². The first-order chi connectivity index (χ1) is 12.2. The van der Waals surface area contributed by atoms with Crippen molar-refractivity contribution in [2.24, 2.45) is 13.0 Å². The summed E-state index contributed by atoms with van der Waals surface area (Å²) in [6.45, 7) is 6.92. The molecule has 1 aromatic carbocycles. The predicted octanol–water partition coefficient (Wildman–Crippen LogP) is 2.79. The number of nitrogens with zero attached hydrogens (tertiary/aromatic N) is 4. The van der Waals surface area contributed by atoms with Gasteiger partial charge in [0.25, 0.3) is 0 Å². The quantitative estimate of drug-likeness (QED) is 0.861. The second-order valence-electron chi connectivity index (χ2n) is 8.26. The predicted molar refractivity (Wildman–Crippen MR) is 99.4 cm³/mol. The molecule has 4 aliphatic rings. The number of hydrogen-bond donors (Lipinski definition) is 0. The lowest BCUT2D eigenvalue weighted by Gasteiger charge is -2.51. The number of fused-ring (bicyclic) bond motifs is 2. The minimum atomic E-state index is 0.633. The van der Waals surface area contributed by atoms with Crippen molar-refractivity contribution < 1.29 is 0 Å². The van der Waals surface area contributed by atoms with Crippen LogP contribution < -0.4 is 0 Å². The van der Waals surface area contributed by atoms with Crippen LogP contribution >= 0.6 is 0 Å². The Bertz CT molecular complexity index is 742. The average Bonchev–Trinajstić information content (AvgIpc) is 3.23. The maximum Gasteiger partial charge on any atom is 0.122 e. The molecule has 6 rings (SSSR count). The summed E-state index contributed by atoms with van der Waals surface area (Å²) in [6.07, 6.45) is 6.74. The molecule has 0 amide bonds. The fraction of sp³-hybridized carbons (Fsp3) is 0.571. The maximum absolute atomic E-state index is 4.60. The summed E-state index contributed by atoms with van der Waals surface area (Å²) in [4.78, 5) is 10.1. The van der Waals surface area contributed by atoms with E-state index in [-0.39, 0.29) is 0 Å². The van der Waals surface area contributed by atoms with Crippen molar-refractivity contribution in [2.45, 2.75) is 44.3 Å². The third kappa shape index (κ3) is 2.54. The van der Waals surface area contributed by atoms with Gasteiger partial charge in [0.1, 0.15) is 5.82 Å². The Balaban J connectivity index is 1.48. The molecule has 0 saturated carbocycles. The molecule has 4 nitrogen and oxygen atoms in total. The Hall–Kier alpha value is -1.65. The van der Waals surface area contributed by atoms with Crippen molar-refractivity contribution >= 4 is 0 Å². The Morgan fingerprint density at radius 3 is 2.52 bits per heavy atom. The van der Waals surface area contributed by atoms with Crippen molar-refractivity contribution in [1.82, 2.24) is 19.4 Å². The van der Waals surface area contributed by atoms with Gasteiger partial charge in [-0.05, 0) is 44.3 Å². The lowest BCUT2D eigenvalue weighted by Crippen LogP contribution is -2.60. The van der Waals surface area contributed by atoms with Crippen LogP contribution in [0.2, 0.25) is 0 Å². The second-order valence-corrected chi connectivity index (χ2v) is 8.26. The zero-order valence-corrected chi connectivity index (χ0v) is 15.3. The molecule has 3 atom stereocenters. The third-order valence-corrected chi connectivity index (χ3v) is 6.86. The lowest BCUT2D eigenvalue weighted by atomic mass is 9.75. The van der Waals surface area contributed by atoms with Gasteiger partial charge in [-0.25, -0.2) is 4.98 Å². The minimum Gasteiger partial charge on any atom is -0.337 e. The summed E-state index contributed by atoms with van der Waals surface area (Å²) in [5.41, 5.74) is 2.88. The SMILES string of the molecule is Cc1ccc([C@H]2CN(Cc3nccn3C)[C@H]3C4CCN(CC4)[C@@H]23)cc1. The number of aryl methyl sites for hydroxylation is 2.